The second-order valence-corrected chi connectivity index (χ2v) is 7.22. The van der Waals surface area contributed by atoms with E-state index in [9.17, 15) is 9.18 Å². The SMILES string of the molecule is COCCSc1nc2sc(C)c(-c3ccc(F)cc3)c2c(=O)[nH]1. The molecule has 2 heterocycles. The Kier molecular flexibility index (Phi) is 4.79. The molecule has 3 rings (SSSR count). The lowest BCUT2D eigenvalue weighted by Crippen LogP contribution is -2.09. The molecule has 0 unspecified atom stereocenters. The molecule has 0 spiro atoms. The minimum atomic E-state index is -0.296. The zero-order valence-electron chi connectivity index (χ0n) is 12.7. The minimum Gasteiger partial charge on any atom is -0.384 e. The van der Waals surface area contributed by atoms with E-state index < -0.39 is 0 Å². The van der Waals surface area contributed by atoms with E-state index in [4.69, 9.17) is 4.74 Å². The van der Waals surface area contributed by atoms with Crippen LogP contribution in [0.4, 0.5) is 4.39 Å². The highest BCUT2D eigenvalue weighted by Crippen LogP contribution is 2.36. The molecule has 120 valence electrons. The molecule has 0 aliphatic rings. The van der Waals surface area contributed by atoms with E-state index in [1.165, 1.54) is 35.2 Å². The van der Waals surface area contributed by atoms with E-state index in [1.54, 1.807) is 19.2 Å². The number of thioether (sulfide) groups is 1. The Balaban J connectivity index is 2.08. The van der Waals surface area contributed by atoms with E-state index >= 15 is 0 Å². The number of benzene rings is 1. The Morgan fingerprint density at radius 2 is 2.09 bits per heavy atom. The van der Waals surface area contributed by atoms with Gasteiger partial charge in [-0.1, -0.05) is 23.9 Å². The van der Waals surface area contributed by atoms with Crippen LogP contribution in [0.5, 0.6) is 0 Å². The molecule has 0 amide bonds. The second kappa shape index (κ2) is 6.82. The molecule has 2 aromatic heterocycles. The van der Waals surface area contributed by atoms with E-state index in [0.29, 0.717) is 22.0 Å². The van der Waals surface area contributed by atoms with Gasteiger partial charge in [0.2, 0.25) is 0 Å². The Morgan fingerprint density at radius 3 is 2.78 bits per heavy atom. The predicted molar refractivity (Wildman–Crippen MR) is 93.0 cm³/mol. The van der Waals surface area contributed by atoms with E-state index in [0.717, 1.165) is 21.8 Å². The van der Waals surface area contributed by atoms with Crippen molar-refractivity contribution in [2.24, 2.45) is 0 Å². The highest BCUT2D eigenvalue weighted by molar-refractivity contribution is 7.99. The summed E-state index contributed by atoms with van der Waals surface area (Å²) in [6, 6.07) is 6.17. The third kappa shape index (κ3) is 3.31. The van der Waals surface area contributed by atoms with Crippen molar-refractivity contribution in [2.75, 3.05) is 19.5 Å². The number of aryl methyl sites for hydroxylation is 1. The van der Waals surface area contributed by atoms with Gasteiger partial charge < -0.3 is 9.72 Å². The number of thiophene rings is 1. The van der Waals surface area contributed by atoms with Crippen molar-refractivity contribution in [2.45, 2.75) is 12.1 Å². The lowest BCUT2D eigenvalue weighted by molar-refractivity contribution is 0.218. The third-order valence-corrected chi connectivity index (χ3v) is 5.21. The van der Waals surface area contributed by atoms with Crippen molar-refractivity contribution in [1.82, 2.24) is 9.97 Å². The first-order valence-electron chi connectivity index (χ1n) is 7.01. The van der Waals surface area contributed by atoms with Crippen LogP contribution >= 0.6 is 23.1 Å². The topological polar surface area (TPSA) is 55.0 Å². The molecule has 4 nitrogen and oxygen atoms in total. The predicted octanol–water partition coefficient (Wildman–Crippen LogP) is 3.84. The average molecular weight is 350 g/mol. The van der Waals surface area contributed by atoms with Crippen molar-refractivity contribution in [1.29, 1.82) is 0 Å². The van der Waals surface area contributed by atoms with Gasteiger partial charge in [-0.25, -0.2) is 9.37 Å². The molecule has 23 heavy (non-hydrogen) atoms. The van der Waals surface area contributed by atoms with Crippen LogP contribution in [0.1, 0.15) is 4.88 Å². The summed E-state index contributed by atoms with van der Waals surface area (Å²) in [6.07, 6.45) is 0. The fourth-order valence-electron chi connectivity index (χ4n) is 2.35. The van der Waals surface area contributed by atoms with Crippen molar-refractivity contribution in [3.8, 4) is 11.1 Å². The number of hydrogen-bond donors (Lipinski definition) is 1. The van der Waals surface area contributed by atoms with Crippen LogP contribution < -0.4 is 5.56 Å². The molecule has 1 N–H and O–H groups in total. The van der Waals surface area contributed by atoms with E-state index in [1.807, 2.05) is 6.92 Å². The van der Waals surface area contributed by atoms with Gasteiger partial charge in [-0.15, -0.1) is 11.3 Å². The highest BCUT2D eigenvalue weighted by Gasteiger charge is 2.16. The summed E-state index contributed by atoms with van der Waals surface area (Å²) in [7, 11) is 1.64. The van der Waals surface area contributed by atoms with Crippen LogP contribution in [-0.4, -0.2) is 29.4 Å². The van der Waals surface area contributed by atoms with E-state index in [-0.39, 0.29) is 11.4 Å². The summed E-state index contributed by atoms with van der Waals surface area (Å²) < 4.78 is 18.1. The summed E-state index contributed by atoms with van der Waals surface area (Å²) in [4.78, 5) is 21.5. The van der Waals surface area contributed by atoms with Crippen LogP contribution in [0.15, 0.2) is 34.2 Å². The number of hydrogen-bond acceptors (Lipinski definition) is 5. The van der Waals surface area contributed by atoms with Crippen molar-refractivity contribution in [3.63, 3.8) is 0 Å². The summed E-state index contributed by atoms with van der Waals surface area (Å²) >= 11 is 2.93. The number of nitrogens with one attached hydrogen (secondary N) is 1. The first-order chi connectivity index (χ1) is 11.1. The van der Waals surface area contributed by atoms with Gasteiger partial charge in [-0.2, -0.15) is 0 Å². The Bertz CT molecular complexity index is 887. The number of fused-ring (bicyclic) bond motifs is 1. The Morgan fingerprint density at radius 1 is 1.35 bits per heavy atom. The summed E-state index contributed by atoms with van der Waals surface area (Å²) in [6.45, 7) is 2.54. The molecular weight excluding hydrogens is 335 g/mol. The molecule has 0 radical (unpaired) electrons. The Labute approximate surface area is 140 Å². The number of aromatic nitrogens is 2. The van der Waals surface area contributed by atoms with Crippen molar-refractivity contribution < 1.29 is 9.13 Å². The fourth-order valence-corrected chi connectivity index (χ4v) is 4.22. The molecule has 0 saturated heterocycles. The molecule has 7 heteroatoms. The molecule has 0 saturated carbocycles. The van der Waals surface area contributed by atoms with Crippen LogP contribution in [-0.2, 0) is 4.74 Å². The molecule has 1 aromatic carbocycles. The quantitative estimate of drug-likeness (QED) is 0.432. The van der Waals surface area contributed by atoms with E-state index in [2.05, 4.69) is 9.97 Å². The number of halogens is 1. The maximum Gasteiger partial charge on any atom is 0.260 e. The van der Waals surface area contributed by atoms with Crippen LogP contribution in [0, 0.1) is 12.7 Å². The summed E-state index contributed by atoms with van der Waals surface area (Å²) in [5.41, 5.74) is 1.48. The smallest absolute Gasteiger partial charge is 0.260 e. The molecule has 0 aliphatic carbocycles. The number of aromatic amines is 1. The van der Waals surface area contributed by atoms with Crippen LogP contribution in [0.25, 0.3) is 21.3 Å². The number of nitrogens with zero attached hydrogens (tertiary/aromatic N) is 1. The molecule has 3 aromatic rings. The number of H-pyrrole nitrogens is 1. The van der Waals surface area contributed by atoms with Gasteiger partial charge in [0.05, 0.1) is 12.0 Å². The molecule has 0 fully saturated rings. The van der Waals surface area contributed by atoms with Gasteiger partial charge in [0, 0.05) is 23.3 Å². The maximum atomic E-state index is 13.1. The van der Waals surface area contributed by atoms with Gasteiger partial charge in [0.1, 0.15) is 10.6 Å². The molecular formula is C16H15FN2O2S2. The number of ether oxygens (including phenoxy) is 1. The Hall–Kier alpha value is -1.70. The monoisotopic (exact) mass is 350 g/mol. The van der Waals surface area contributed by atoms with Gasteiger partial charge in [0.15, 0.2) is 5.16 Å². The normalized spacial score (nSPS) is 11.3. The van der Waals surface area contributed by atoms with Gasteiger partial charge in [0.25, 0.3) is 5.56 Å². The lowest BCUT2D eigenvalue weighted by atomic mass is 10.0. The summed E-state index contributed by atoms with van der Waals surface area (Å²) in [5.74, 6) is 0.426. The van der Waals surface area contributed by atoms with Crippen LogP contribution in [0.2, 0.25) is 0 Å². The minimum absolute atomic E-state index is 0.168. The molecule has 0 aliphatic heterocycles. The number of rotatable bonds is 5. The maximum absolute atomic E-state index is 13.1. The lowest BCUT2D eigenvalue weighted by Gasteiger charge is -2.03. The second-order valence-electron chi connectivity index (χ2n) is 4.93. The average Bonchev–Trinajstić information content (AvgIpc) is 2.85. The van der Waals surface area contributed by atoms with Crippen molar-refractivity contribution in [3.05, 3.63) is 45.3 Å². The zero-order valence-corrected chi connectivity index (χ0v) is 14.3. The standard InChI is InChI=1S/C16H15FN2O2S2/c1-9-12(10-3-5-11(17)6-4-10)13-14(20)18-16(19-15(13)23-9)22-8-7-21-2/h3-6H,7-8H2,1-2H3,(H,18,19,20). The first-order valence-corrected chi connectivity index (χ1v) is 8.81. The third-order valence-electron chi connectivity index (χ3n) is 3.38. The first kappa shape index (κ1) is 16.2. The number of methoxy groups -OCH3 is 1. The van der Waals surface area contributed by atoms with Gasteiger partial charge >= 0.3 is 0 Å². The van der Waals surface area contributed by atoms with Crippen LogP contribution in [0.3, 0.4) is 0 Å². The molecule has 0 bridgehead atoms. The molecule has 0 atom stereocenters. The fraction of sp³-hybridized carbons (Fsp3) is 0.250. The van der Waals surface area contributed by atoms with Gasteiger partial charge in [-0.3, -0.25) is 4.79 Å². The van der Waals surface area contributed by atoms with Gasteiger partial charge in [-0.05, 0) is 24.6 Å². The zero-order chi connectivity index (χ0) is 16.4. The highest BCUT2D eigenvalue weighted by atomic mass is 32.2. The summed E-state index contributed by atoms with van der Waals surface area (Å²) in [5, 5.41) is 1.15. The van der Waals surface area contributed by atoms with Crippen molar-refractivity contribution >= 4 is 33.3 Å². The largest absolute Gasteiger partial charge is 0.384 e.